The number of urea groups is 1. The third kappa shape index (κ3) is 6.39. The van der Waals surface area contributed by atoms with Crippen LogP contribution in [0.15, 0.2) is 65.6 Å². The zero-order valence-electron chi connectivity index (χ0n) is 20.4. The summed E-state index contributed by atoms with van der Waals surface area (Å²) in [5.74, 6) is -3.36. The monoisotopic (exact) mass is 567 g/mol. The number of likely N-dealkylation sites (N-methyl/N-ethyl adjacent to an activating group) is 1. The Kier molecular flexibility index (Phi) is 7.41. The number of benzene rings is 3. The van der Waals surface area contributed by atoms with Gasteiger partial charge in [0.2, 0.25) is 5.91 Å². The van der Waals surface area contributed by atoms with E-state index in [-0.39, 0.29) is 27.6 Å². The third-order valence-electron chi connectivity index (χ3n) is 5.68. The van der Waals surface area contributed by atoms with E-state index in [4.69, 9.17) is 0 Å². The Hall–Kier alpha value is -4.33. The average molecular weight is 568 g/mol. The lowest BCUT2D eigenvalue weighted by Gasteiger charge is -2.25. The molecule has 0 bridgehead atoms. The molecule has 3 aromatic carbocycles. The van der Waals surface area contributed by atoms with E-state index in [1.165, 1.54) is 38.2 Å². The molecule has 0 fully saturated rings. The molecule has 206 valence electrons. The van der Waals surface area contributed by atoms with Crippen LogP contribution in [0.1, 0.15) is 11.1 Å². The quantitative estimate of drug-likeness (QED) is 0.420. The third-order valence-corrected chi connectivity index (χ3v) is 7.17. The molecular weight excluding hydrogens is 546 g/mol. The first-order chi connectivity index (χ1) is 18.2. The van der Waals surface area contributed by atoms with Gasteiger partial charge < -0.3 is 19.7 Å². The van der Waals surface area contributed by atoms with Gasteiger partial charge in [0.15, 0.2) is 11.5 Å². The minimum absolute atomic E-state index is 0.0216. The number of aryl methyl sites for hydroxylation is 1. The largest absolute Gasteiger partial charge is 0.586 e. The van der Waals surface area contributed by atoms with Crippen LogP contribution in [0.3, 0.4) is 0 Å². The number of rotatable bonds is 7. The van der Waals surface area contributed by atoms with E-state index >= 15 is 0 Å². The normalized spacial score (nSPS) is 14.4. The number of anilines is 1. The Morgan fingerprint density at radius 1 is 0.974 bits per heavy atom. The van der Waals surface area contributed by atoms with E-state index in [2.05, 4.69) is 14.8 Å². The second kappa shape index (κ2) is 10.4. The minimum atomic E-state index is -4.35. The molecule has 1 atom stereocenters. The van der Waals surface area contributed by atoms with Gasteiger partial charge in [0, 0.05) is 31.3 Å². The number of nitrogens with one attached hydrogen (secondary N) is 2. The number of amides is 3. The molecule has 0 saturated carbocycles. The summed E-state index contributed by atoms with van der Waals surface area (Å²) >= 11 is 0. The summed E-state index contributed by atoms with van der Waals surface area (Å²) in [7, 11) is -3.10. The van der Waals surface area contributed by atoms with Gasteiger partial charge in [-0.05, 0) is 48.4 Å². The number of sulfonamides is 1. The van der Waals surface area contributed by atoms with Crippen molar-refractivity contribution in [1.82, 2.24) is 10.0 Å². The van der Waals surface area contributed by atoms with Crippen molar-refractivity contribution < 1.29 is 45.0 Å². The van der Waals surface area contributed by atoms with E-state index in [1.807, 2.05) is 4.72 Å². The molecule has 0 aliphatic carbocycles. The van der Waals surface area contributed by atoms with Gasteiger partial charge in [-0.1, -0.05) is 18.2 Å². The molecule has 1 unspecified atom stereocenters. The van der Waals surface area contributed by atoms with Crippen LogP contribution in [-0.2, 0) is 21.2 Å². The fourth-order valence-electron chi connectivity index (χ4n) is 3.89. The Labute approximate surface area is 220 Å². The van der Waals surface area contributed by atoms with Crippen molar-refractivity contribution in [3.05, 3.63) is 83.4 Å². The number of carbonyl (C=O) groups is 2. The first-order valence-corrected chi connectivity index (χ1v) is 12.7. The molecule has 3 amide bonds. The molecule has 0 radical (unpaired) electrons. The van der Waals surface area contributed by atoms with Gasteiger partial charge >= 0.3 is 12.3 Å². The smallest absolute Gasteiger partial charge is 0.395 e. The first-order valence-electron chi connectivity index (χ1n) is 11.3. The number of carbonyl (C=O) groups excluding carboxylic acids is 2. The van der Waals surface area contributed by atoms with Crippen LogP contribution in [0.25, 0.3) is 0 Å². The lowest BCUT2D eigenvalue weighted by Crippen LogP contribution is -2.52. The molecule has 0 aromatic heterocycles. The van der Waals surface area contributed by atoms with Crippen molar-refractivity contribution in [2.75, 3.05) is 11.9 Å². The maximum atomic E-state index is 13.8. The number of fused-ring (bicyclic) bond motifs is 1. The molecule has 0 spiro atoms. The van der Waals surface area contributed by atoms with Gasteiger partial charge in [-0.25, -0.2) is 26.7 Å². The van der Waals surface area contributed by atoms with Crippen LogP contribution < -0.4 is 24.4 Å². The topological polar surface area (TPSA) is 114 Å². The van der Waals surface area contributed by atoms with Crippen LogP contribution in [0, 0.1) is 18.6 Å². The van der Waals surface area contributed by atoms with Gasteiger partial charge in [0.05, 0.1) is 4.90 Å². The predicted octanol–water partition coefficient (Wildman–Crippen LogP) is 3.86. The standard InChI is InChI=1S/C25H21F4N3O6S/c1-14-5-3-4-6-22(14)39(35,36)31-24(34)30-19(11-15-9-16(26)12-17(27)10-15)23(33)32(2)18-7-8-20-21(13-18)38-25(28,29)37-20/h3-10,12-13,19H,11H2,1-2H3,(H2,30,31,34). The molecule has 14 heteroatoms. The zero-order chi connectivity index (χ0) is 28.5. The maximum Gasteiger partial charge on any atom is 0.586 e. The van der Waals surface area contributed by atoms with Crippen LogP contribution in [0.5, 0.6) is 11.5 Å². The van der Waals surface area contributed by atoms with Gasteiger partial charge in [-0.15, -0.1) is 8.78 Å². The summed E-state index contributed by atoms with van der Waals surface area (Å²) in [5, 5.41) is 2.22. The van der Waals surface area contributed by atoms with E-state index in [0.717, 1.165) is 29.2 Å². The highest BCUT2D eigenvalue weighted by atomic mass is 32.2. The number of hydrogen-bond donors (Lipinski definition) is 2. The van der Waals surface area contributed by atoms with Crippen LogP contribution in [0.2, 0.25) is 0 Å². The van der Waals surface area contributed by atoms with Crippen molar-refractivity contribution in [2.24, 2.45) is 0 Å². The molecule has 1 aliphatic heterocycles. The lowest BCUT2D eigenvalue weighted by atomic mass is 10.0. The highest BCUT2D eigenvalue weighted by molar-refractivity contribution is 7.90. The van der Waals surface area contributed by atoms with Crippen molar-refractivity contribution >= 4 is 27.6 Å². The number of halogens is 4. The Morgan fingerprint density at radius 3 is 2.28 bits per heavy atom. The molecule has 2 N–H and O–H groups in total. The molecular formula is C25H21F4N3O6S. The van der Waals surface area contributed by atoms with E-state index in [0.29, 0.717) is 11.6 Å². The van der Waals surface area contributed by atoms with Gasteiger partial charge in [-0.2, -0.15) is 0 Å². The summed E-state index contributed by atoms with van der Waals surface area (Å²) in [4.78, 5) is 26.9. The lowest BCUT2D eigenvalue weighted by molar-refractivity contribution is -0.286. The summed E-state index contributed by atoms with van der Waals surface area (Å²) in [6.45, 7) is 1.52. The van der Waals surface area contributed by atoms with Crippen molar-refractivity contribution in [1.29, 1.82) is 0 Å². The van der Waals surface area contributed by atoms with Crippen molar-refractivity contribution in [3.8, 4) is 11.5 Å². The SMILES string of the molecule is Cc1ccccc1S(=O)(=O)NC(=O)NC(Cc1cc(F)cc(F)c1)C(=O)N(C)c1ccc2c(c1)OC(F)(F)O2. The molecule has 1 aliphatic rings. The van der Waals surface area contributed by atoms with Gasteiger partial charge in [0.1, 0.15) is 17.7 Å². The minimum Gasteiger partial charge on any atom is -0.395 e. The Bertz CT molecular complexity index is 1530. The predicted molar refractivity (Wildman–Crippen MR) is 130 cm³/mol. The second-order valence-corrected chi connectivity index (χ2v) is 10.2. The fourth-order valence-corrected chi connectivity index (χ4v) is 5.06. The van der Waals surface area contributed by atoms with E-state index in [1.54, 1.807) is 6.07 Å². The van der Waals surface area contributed by atoms with Gasteiger partial charge in [-0.3, -0.25) is 4.79 Å². The number of ether oxygens (including phenoxy) is 2. The Balaban J connectivity index is 1.59. The average Bonchev–Trinajstić information content (AvgIpc) is 3.14. The van der Waals surface area contributed by atoms with Crippen LogP contribution in [-0.4, -0.2) is 39.7 Å². The molecule has 1 heterocycles. The zero-order valence-corrected chi connectivity index (χ0v) is 21.2. The maximum absolute atomic E-state index is 13.8. The number of hydrogen-bond acceptors (Lipinski definition) is 6. The molecule has 3 aromatic rings. The van der Waals surface area contributed by atoms with Crippen molar-refractivity contribution in [3.63, 3.8) is 0 Å². The highest BCUT2D eigenvalue weighted by Crippen LogP contribution is 2.42. The number of nitrogens with zero attached hydrogens (tertiary/aromatic N) is 1. The Morgan fingerprint density at radius 2 is 1.62 bits per heavy atom. The summed E-state index contributed by atoms with van der Waals surface area (Å²) in [5.41, 5.74) is 0.380. The molecule has 39 heavy (non-hydrogen) atoms. The summed E-state index contributed by atoms with van der Waals surface area (Å²) in [6.07, 6.45) is -4.34. The summed E-state index contributed by atoms with van der Waals surface area (Å²) in [6, 6.07) is 9.03. The number of alkyl halides is 2. The highest BCUT2D eigenvalue weighted by Gasteiger charge is 2.43. The van der Waals surface area contributed by atoms with E-state index < -0.39 is 52.4 Å². The van der Waals surface area contributed by atoms with Crippen LogP contribution >= 0.6 is 0 Å². The summed E-state index contributed by atoms with van der Waals surface area (Å²) < 4.78 is 90.4. The van der Waals surface area contributed by atoms with E-state index in [9.17, 15) is 35.6 Å². The fraction of sp³-hybridized carbons (Fsp3) is 0.200. The first kappa shape index (κ1) is 27.7. The molecule has 0 saturated heterocycles. The molecule has 9 nitrogen and oxygen atoms in total. The van der Waals surface area contributed by atoms with Crippen molar-refractivity contribution in [2.45, 2.75) is 30.6 Å². The second-order valence-electron chi connectivity index (χ2n) is 8.57. The van der Waals surface area contributed by atoms with Gasteiger partial charge in [0.25, 0.3) is 10.0 Å². The van der Waals surface area contributed by atoms with Crippen LogP contribution in [0.4, 0.5) is 28.0 Å². The molecule has 4 rings (SSSR count).